The van der Waals surface area contributed by atoms with Crippen molar-refractivity contribution in [1.82, 2.24) is 4.98 Å². The molecule has 2 nitrogen and oxygen atoms in total. The highest BCUT2D eigenvalue weighted by Crippen LogP contribution is 2.36. The van der Waals surface area contributed by atoms with E-state index in [1.807, 2.05) is 30.5 Å². The van der Waals surface area contributed by atoms with E-state index in [0.717, 1.165) is 16.9 Å². The Morgan fingerprint density at radius 2 is 1.83 bits per heavy atom. The van der Waals surface area contributed by atoms with Gasteiger partial charge in [-0.05, 0) is 22.9 Å². The SMILES string of the molecule is COc1ccc2ccccc2c1-c1cccnc1. The van der Waals surface area contributed by atoms with Crippen LogP contribution in [0.1, 0.15) is 0 Å². The molecular formula is C16H13NO. The largest absolute Gasteiger partial charge is 0.496 e. The van der Waals surface area contributed by atoms with Crippen molar-refractivity contribution in [3.05, 3.63) is 60.9 Å². The molecular weight excluding hydrogens is 222 g/mol. The molecule has 0 aliphatic carbocycles. The van der Waals surface area contributed by atoms with Crippen LogP contribution in [0.2, 0.25) is 0 Å². The molecule has 0 saturated carbocycles. The van der Waals surface area contributed by atoms with Crippen molar-refractivity contribution >= 4 is 10.8 Å². The summed E-state index contributed by atoms with van der Waals surface area (Å²) in [5, 5.41) is 2.39. The van der Waals surface area contributed by atoms with Crippen LogP contribution < -0.4 is 4.74 Å². The average molecular weight is 235 g/mol. The topological polar surface area (TPSA) is 22.1 Å². The van der Waals surface area contributed by atoms with Gasteiger partial charge < -0.3 is 4.74 Å². The number of rotatable bonds is 2. The molecule has 18 heavy (non-hydrogen) atoms. The van der Waals surface area contributed by atoms with Crippen LogP contribution in [0.15, 0.2) is 60.9 Å². The van der Waals surface area contributed by atoms with Gasteiger partial charge in [0.15, 0.2) is 0 Å². The number of aromatic nitrogens is 1. The second kappa shape index (κ2) is 4.49. The van der Waals surface area contributed by atoms with E-state index >= 15 is 0 Å². The van der Waals surface area contributed by atoms with Gasteiger partial charge in [-0.3, -0.25) is 4.98 Å². The number of ether oxygens (including phenoxy) is 1. The quantitative estimate of drug-likeness (QED) is 0.671. The highest BCUT2D eigenvalue weighted by molar-refractivity contribution is 5.99. The van der Waals surface area contributed by atoms with Gasteiger partial charge >= 0.3 is 0 Å². The number of hydrogen-bond donors (Lipinski definition) is 0. The molecule has 0 saturated heterocycles. The summed E-state index contributed by atoms with van der Waals surface area (Å²) in [5.41, 5.74) is 2.18. The van der Waals surface area contributed by atoms with Crippen LogP contribution in [0.25, 0.3) is 21.9 Å². The zero-order valence-corrected chi connectivity index (χ0v) is 10.1. The van der Waals surface area contributed by atoms with Gasteiger partial charge in [-0.1, -0.05) is 36.4 Å². The minimum atomic E-state index is 0.877. The van der Waals surface area contributed by atoms with Crippen LogP contribution in [-0.2, 0) is 0 Å². The first-order valence-electron chi connectivity index (χ1n) is 5.86. The maximum absolute atomic E-state index is 5.48. The molecule has 2 aromatic carbocycles. The molecule has 1 heterocycles. The van der Waals surface area contributed by atoms with Gasteiger partial charge in [0.1, 0.15) is 5.75 Å². The number of fused-ring (bicyclic) bond motifs is 1. The van der Waals surface area contributed by atoms with Crippen LogP contribution in [0.4, 0.5) is 0 Å². The predicted molar refractivity (Wildman–Crippen MR) is 73.7 cm³/mol. The Balaban J connectivity index is 2.38. The van der Waals surface area contributed by atoms with Crippen molar-refractivity contribution in [3.63, 3.8) is 0 Å². The summed E-state index contributed by atoms with van der Waals surface area (Å²) in [7, 11) is 1.70. The standard InChI is InChI=1S/C16H13NO/c1-18-15-9-8-12-5-2-3-7-14(12)16(15)13-6-4-10-17-11-13/h2-11H,1H3. The number of hydrogen-bond acceptors (Lipinski definition) is 2. The van der Waals surface area contributed by atoms with E-state index in [0.29, 0.717) is 0 Å². The van der Waals surface area contributed by atoms with Gasteiger partial charge in [0.2, 0.25) is 0 Å². The van der Waals surface area contributed by atoms with Crippen LogP contribution >= 0.6 is 0 Å². The highest BCUT2D eigenvalue weighted by Gasteiger charge is 2.09. The molecule has 3 rings (SSSR count). The van der Waals surface area contributed by atoms with Crippen LogP contribution in [-0.4, -0.2) is 12.1 Å². The molecule has 0 amide bonds. The predicted octanol–water partition coefficient (Wildman–Crippen LogP) is 3.91. The summed E-state index contributed by atoms with van der Waals surface area (Å²) < 4.78 is 5.48. The molecule has 0 aliphatic rings. The number of methoxy groups -OCH3 is 1. The van der Waals surface area contributed by atoms with E-state index in [1.165, 1.54) is 10.8 Å². The number of nitrogens with zero attached hydrogens (tertiary/aromatic N) is 1. The first kappa shape index (κ1) is 10.8. The molecule has 0 atom stereocenters. The maximum atomic E-state index is 5.48. The summed E-state index contributed by atoms with van der Waals surface area (Å²) in [6.45, 7) is 0. The monoisotopic (exact) mass is 235 g/mol. The molecule has 0 bridgehead atoms. The minimum Gasteiger partial charge on any atom is -0.496 e. The number of benzene rings is 2. The summed E-state index contributed by atoms with van der Waals surface area (Å²) in [4.78, 5) is 4.19. The molecule has 0 aliphatic heterocycles. The lowest BCUT2D eigenvalue weighted by molar-refractivity contribution is 0.417. The van der Waals surface area contributed by atoms with Crippen molar-refractivity contribution in [2.75, 3.05) is 7.11 Å². The second-order valence-corrected chi connectivity index (χ2v) is 4.11. The van der Waals surface area contributed by atoms with Crippen molar-refractivity contribution in [2.24, 2.45) is 0 Å². The van der Waals surface area contributed by atoms with E-state index < -0.39 is 0 Å². The lowest BCUT2D eigenvalue weighted by atomic mass is 9.98. The van der Waals surface area contributed by atoms with Gasteiger partial charge in [-0.15, -0.1) is 0 Å². The lowest BCUT2D eigenvalue weighted by Crippen LogP contribution is -1.90. The van der Waals surface area contributed by atoms with Gasteiger partial charge in [0.05, 0.1) is 7.11 Å². The molecule has 0 spiro atoms. The summed E-state index contributed by atoms with van der Waals surface area (Å²) in [5.74, 6) is 0.877. The summed E-state index contributed by atoms with van der Waals surface area (Å²) in [6, 6.07) is 16.4. The fourth-order valence-electron chi connectivity index (χ4n) is 2.23. The zero-order chi connectivity index (χ0) is 12.4. The van der Waals surface area contributed by atoms with Crippen LogP contribution in [0, 0.1) is 0 Å². The minimum absolute atomic E-state index is 0.877. The molecule has 0 N–H and O–H groups in total. The Bertz CT molecular complexity index is 677. The molecule has 0 radical (unpaired) electrons. The van der Waals surface area contributed by atoms with Gasteiger partial charge in [-0.2, -0.15) is 0 Å². The average Bonchev–Trinajstić information content (AvgIpc) is 2.47. The van der Waals surface area contributed by atoms with E-state index in [-0.39, 0.29) is 0 Å². The molecule has 0 fully saturated rings. The third-order valence-electron chi connectivity index (χ3n) is 3.06. The first-order chi connectivity index (χ1) is 8.90. The summed E-state index contributed by atoms with van der Waals surface area (Å²) >= 11 is 0. The Morgan fingerprint density at radius 1 is 0.944 bits per heavy atom. The Hall–Kier alpha value is -2.35. The van der Waals surface area contributed by atoms with Crippen LogP contribution in [0.5, 0.6) is 5.75 Å². The summed E-state index contributed by atoms with van der Waals surface area (Å²) in [6.07, 6.45) is 3.64. The fourth-order valence-corrected chi connectivity index (χ4v) is 2.23. The van der Waals surface area contributed by atoms with Crippen molar-refractivity contribution in [3.8, 4) is 16.9 Å². The zero-order valence-electron chi connectivity index (χ0n) is 10.1. The highest BCUT2D eigenvalue weighted by atomic mass is 16.5. The fraction of sp³-hybridized carbons (Fsp3) is 0.0625. The second-order valence-electron chi connectivity index (χ2n) is 4.11. The molecule has 2 heteroatoms. The smallest absolute Gasteiger partial charge is 0.127 e. The molecule has 1 aromatic heterocycles. The maximum Gasteiger partial charge on any atom is 0.127 e. The lowest BCUT2D eigenvalue weighted by Gasteiger charge is -2.11. The van der Waals surface area contributed by atoms with Crippen molar-refractivity contribution < 1.29 is 4.74 Å². The first-order valence-corrected chi connectivity index (χ1v) is 5.86. The normalized spacial score (nSPS) is 10.5. The van der Waals surface area contributed by atoms with E-state index in [9.17, 15) is 0 Å². The van der Waals surface area contributed by atoms with Crippen molar-refractivity contribution in [1.29, 1.82) is 0 Å². The van der Waals surface area contributed by atoms with E-state index in [4.69, 9.17) is 4.74 Å². The molecule has 3 aromatic rings. The third kappa shape index (κ3) is 1.72. The van der Waals surface area contributed by atoms with Gasteiger partial charge in [0.25, 0.3) is 0 Å². The Labute approximate surface area is 106 Å². The Kier molecular flexibility index (Phi) is 2.69. The van der Waals surface area contributed by atoms with Crippen molar-refractivity contribution in [2.45, 2.75) is 0 Å². The third-order valence-corrected chi connectivity index (χ3v) is 3.06. The van der Waals surface area contributed by atoms with E-state index in [1.54, 1.807) is 13.3 Å². The molecule has 0 unspecified atom stereocenters. The van der Waals surface area contributed by atoms with Gasteiger partial charge in [0, 0.05) is 23.5 Å². The van der Waals surface area contributed by atoms with Gasteiger partial charge in [-0.25, -0.2) is 0 Å². The Morgan fingerprint density at radius 3 is 2.61 bits per heavy atom. The molecule has 88 valence electrons. The van der Waals surface area contributed by atoms with E-state index in [2.05, 4.69) is 29.2 Å². The van der Waals surface area contributed by atoms with Crippen LogP contribution in [0.3, 0.4) is 0 Å². The number of pyridine rings is 1.